The minimum atomic E-state index is -0.711. The Morgan fingerprint density at radius 3 is 2.36 bits per heavy atom. The molecule has 0 fully saturated rings. The second-order valence-corrected chi connectivity index (χ2v) is 5.79. The van der Waals surface area contributed by atoms with Crippen LogP contribution >= 0.6 is 0 Å². The lowest BCUT2D eigenvalue weighted by molar-refractivity contribution is 0.0588. The summed E-state index contributed by atoms with van der Waals surface area (Å²) < 4.78 is 17.4. The Labute approximate surface area is 147 Å². The highest BCUT2D eigenvalue weighted by Crippen LogP contribution is 2.25. The summed E-state index contributed by atoms with van der Waals surface area (Å²) >= 11 is 0. The Hall–Kier alpha value is -2.76. The molecule has 1 aromatic carbocycles. The quantitative estimate of drug-likeness (QED) is 0.594. The lowest BCUT2D eigenvalue weighted by Crippen LogP contribution is -2.25. The van der Waals surface area contributed by atoms with E-state index in [1.54, 1.807) is 63.8 Å². The van der Waals surface area contributed by atoms with Gasteiger partial charge in [0.2, 0.25) is 5.78 Å². The maximum Gasteiger partial charge on any atom is 0.354 e. The molecule has 0 unspecified atom stereocenters. The summed E-state index contributed by atoms with van der Waals surface area (Å²) in [7, 11) is 4.62. The Kier molecular flexibility index (Phi) is 5.51. The second-order valence-electron chi connectivity index (χ2n) is 5.79. The number of ketones is 1. The fourth-order valence-electron chi connectivity index (χ4n) is 2.86. The van der Waals surface area contributed by atoms with Gasteiger partial charge in [-0.1, -0.05) is 6.07 Å². The molecule has 0 N–H and O–H groups in total. The number of hydrogen-bond donors (Lipinski definition) is 0. The smallest absolute Gasteiger partial charge is 0.354 e. The van der Waals surface area contributed by atoms with Crippen LogP contribution in [-0.4, -0.2) is 36.6 Å². The molecule has 0 saturated carbocycles. The maximum absolute atomic E-state index is 12.9. The van der Waals surface area contributed by atoms with Gasteiger partial charge in [-0.2, -0.15) is 0 Å². The van der Waals surface area contributed by atoms with Gasteiger partial charge in [0.25, 0.3) is 0 Å². The number of methoxy groups -OCH3 is 2. The topological polar surface area (TPSA) is 66.8 Å². The van der Waals surface area contributed by atoms with E-state index in [9.17, 15) is 9.59 Å². The first kappa shape index (κ1) is 18.6. The molecule has 2 aromatic rings. The van der Waals surface area contributed by atoms with E-state index < -0.39 is 12.1 Å². The molecule has 0 aliphatic carbocycles. The van der Waals surface area contributed by atoms with Crippen LogP contribution in [0.4, 0.5) is 0 Å². The SMILES string of the molecule is COC(=O)c1c(C)c(C(=O)[C@H](C)Oc2cccc(OC)c2)c(C)n1C. The van der Waals surface area contributed by atoms with Gasteiger partial charge in [0, 0.05) is 24.4 Å². The molecule has 1 heterocycles. The second kappa shape index (κ2) is 7.42. The van der Waals surface area contributed by atoms with Crippen LogP contribution in [0.15, 0.2) is 24.3 Å². The average Bonchev–Trinajstić information content (AvgIpc) is 2.83. The fraction of sp³-hybridized carbons (Fsp3) is 0.368. The van der Waals surface area contributed by atoms with Gasteiger partial charge >= 0.3 is 5.97 Å². The first-order valence-electron chi connectivity index (χ1n) is 7.90. The molecule has 134 valence electrons. The number of carbonyl (C=O) groups is 2. The van der Waals surface area contributed by atoms with Gasteiger partial charge in [-0.15, -0.1) is 0 Å². The summed E-state index contributed by atoms with van der Waals surface area (Å²) in [5.74, 6) is 0.531. The highest BCUT2D eigenvalue weighted by Gasteiger charge is 2.28. The monoisotopic (exact) mass is 345 g/mol. The van der Waals surface area contributed by atoms with Crippen LogP contribution in [-0.2, 0) is 11.8 Å². The molecule has 0 radical (unpaired) electrons. The van der Waals surface area contributed by atoms with Crippen LogP contribution in [0.25, 0.3) is 0 Å². The van der Waals surface area contributed by atoms with Crippen LogP contribution in [0.3, 0.4) is 0 Å². The summed E-state index contributed by atoms with van der Waals surface area (Å²) in [5, 5.41) is 0. The number of esters is 1. The average molecular weight is 345 g/mol. The van der Waals surface area contributed by atoms with Gasteiger partial charge in [0.15, 0.2) is 6.10 Å². The number of benzene rings is 1. The largest absolute Gasteiger partial charge is 0.497 e. The van der Waals surface area contributed by atoms with Crippen molar-refractivity contribution in [3.63, 3.8) is 0 Å². The Bertz CT molecular complexity index is 806. The van der Waals surface area contributed by atoms with E-state index in [-0.39, 0.29) is 5.78 Å². The van der Waals surface area contributed by atoms with Crippen LogP contribution in [0.5, 0.6) is 11.5 Å². The molecule has 1 atom stereocenters. The summed E-state index contributed by atoms with van der Waals surface area (Å²) in [6.45, 7) is 5.22. The van der Waals surface area contributed by atoms with Crippen LogP contribution in [0.2, 0.25) is 0 Å². The van der Waals surface area contributed by atoms with Crippen molar-refractivity contribution in [2.45, 2.75) is 26.9 Å². The highest BCUT2D eigenvalue weighted by atomic mass is 16.5. The standard InChI is InChI=1S/C19H23NO5/c1-11-16(12(2)20(4)17(11)19(22)24-6)18(21)13(3)25-15-9-7-8-14(10-15)23-5/h7-10,13H,1-6H3/t13-/m0/s1. The highest BCUT2D eigenvalue weighted by molar-refractivity contribution is 6.04. The Morgan fingerprint density at radius 2 is 1.76 bits per heavy atom. The normalized spacial score (nSPS) is 11.8. The third-order valence-electron chi connectivity index (χ3n) is 4.28. The number of carbonyl (C=O) groups excluding carboxylic acids is 2. The van der Waals surface area contributed by atoms with Gasteiger partial charge in [-0.05, 0) is 38.5 Å². The van der Waals surface area contributed by atoms with E-state index in [2.05, 4.69) is 0 Å². The molecule has 0 amide bonds. The molecule has 1 aromatic heterocycles. The summed E-state index contributed by atoms with van der Waals surface area (Å²) in [4.78, 5) is 24.9. The molecular formula is C19H23NO5. The van der Waals surface area contributed by atoms with Gasteiger partial charge in [-0.25, -0.2) is 4.79 Å². The van der Waals surface area contributed by atoms with Crippen LogP contribution < -0.4 is 9.47 Å². The van der Waals surface area contributed by atoms with E-state index in [0.717, 1.165) is 0 Å². The lowest BCUT2D eigenvalue weighted by atomic mass is 10.0. The Morgan fingerprint density at radius 1 is 1.12 bits per heavy atom. The van der Waals surface area contributed by atoms with Crippen LogP contribution in [0, 0.1) is 13.8 Å². The van der Waals surface area contributed by atoms with E-state index in [1.807, 2.05) is 0 Å². The Balaban J connectivity index is 2.32. The maximum atomic E-state index is 12.9. The van der Waals surface area contributed by atoms with Gasteiger partial charge in [-0.3, -0.25) is 4.79 Å². The molecule has 0 saturated heterocycles. The molecule has 0 aliphatic heterocycles. The van der Waals surface area contributed by atoms with Crippen molar-refractivity contribution >= 4 is 11.8 Å². The minimum Gasteiger partial charge on any atom is -0.497 e. The molecule has 6 nitrogen and oxygen atoms in total. The lowest BCUT2D eigenvalue weighted by Gasteiger charge is -2.15. The first-order chi connectivity index (χ1) is 11.8. The molecule has 0 aliphatic rings. The number of rotatable bonds is 6. The fourth-order valence-corrected chi connectivity index (χ4v) is 2.86. The van der Waals surface area contributed by atoms with Crippen molar-refractivity contribution in [3.8, 4) is 11.5 Å². The summed E-state index contributed by atoms with van der Waals surface area (Å²) in [6.07, 6.45) is -0.711. The minimum absolute atomic E-state index is 0.191. The van der Waals surface area contributed by atoms with Crippen molar-refractivity contribution in [1.82, 2.24) is 4.57 Å². The van der Waals surface area contributed by atoms with Crippen LogP contribution in [0.1, 0.15) is 39.0 Å². The first-order valence-corrected chi connectivity index (χ1v) is 7.90. The van der Waals surface area contributed by atoms with Gasteiger partial charge in [0.1, 0.15) is 17.2 Å². The number of hydrogen-bond acceptors (Lipinski definition) is 5. The zero-order chi connectivity index (χ0) is 18.7. The van der Waals surface area contributed by atoms with Gasteiger partial charge < -0.3 is 18.8 Å². The third kappa shape index (κ3) is 3.52. The van der Waals surface area contributed by atoms with Crippen molar-refractivity contribution in [1.29, 1.82) is 0 Å². The molecular weight excluding hydrogens is 322 g/mol. The molecule has 0 spiro atoms. The van der Waals surface area contributed by atoms with Crippen molar-refractivity contribution in [2.24, 2.45) is 7.05 Å². The molecule has 25 heavy (non-hydrogen) atoms. The number of Topliss-reactive ketones (excluding diaryl/α,β-unsaturated/α-hetero) is 1. The third-order valence-corrected chi connectivity index (χ3v) is 4.28. The molecule has 6 heteroatoms. The summed E-state index contributed by atoms with van der Waals surface area (Å²) in [5.41, 5.74) is 2.15. The van der Waals surface area contributed by atoms with E-state index >= 15 is 0 Å². The zero-order valence-corrected chi connectivity index (χ0v) is 15.4. The van der Waals surface area contributed by atoms with E-state index in [4.69, 9.17) is 14.2 Å². The van der Waals surface area contributed by atoms with Gasteiger partial charge in [0.05, 0.1) is 14.2 Å². The van der Waals surface area contributed by atoms with Crippen molar-refractivity contribution < 1.29 is 23.8 Å². The van der Waals surface area contributed by atoms with Crippen molar-refractivity contribution in [2.75, 3.05) is 14.2 Å². The molecule has 2 rings (SSSR count). The number of nitrogens with zero attached hydrogens (tertiary/aromatic N) is 1. The zero-order valence-electron chi connectivity index (χ0n) is 15.4. The number of ether oxygens (including phenoxy) is 3. The predicted molar refractivity (Wildman–Crippen MR) is 93.6 cm³/mol. The summed E-state index contributed by atoms with van der Waals surface area (Å²) in [6, 6.07) is 7.07. The van der Waals surface area contributed by atoms with Crippen molar-refractivity contribution in [3.05, 3.63) is 46.8 Å². The van der Waals surface area contributed by atoms with E-state index in [1.165, 1.54) is 7.11 Å². The molecule has 0 bridgehead atoms. The predicted octanol–water partition coefficient (Wildman–Crippen LogP) is 3.09. The number of aromatic nitrogens is 1. The van der Waals surface area contributed by atoms with E-state index in [0.29, 0.717) is 34.0 Å².